The minimum Gasteiger partial charge on any atom is -0.392 e. The monoisotopic (exact) mass is 191 g/mol. The summed E-state index contributed by atoms with van der Waals surface area (Å²) in [6.07, 6.45) is 11.1. The molecule has 0 aromatic carbocycles. The van der Waals surface area contributed by atoms with Gasteiger partial charge in [0.2, 0.25) is 0 Å². The van der Waals surface area contributed by atoms with E-state index in [0.717, 1.165) is 24.8 Å². The fourth-order valence-electron chi connectivity index (χ4n) is 2.07. The van der Waals surface area contributed by atoms with Gasteiger partial charge in [-0.1, -0.05) is 6.08 Å². The molecule has 1 fully saturated rings. The van der Waals surface area contributed by atoms with Gasteiger partial charge in [0.1, 0.15) is 0 Å². The lowest BCUT2D eigenvalue weighted by Crippen LogP contribution is -2.10. The minimum atomic E-state index is 0.153. The van der Waals surface area contributed by atoms with Crippen LogP contribution in [0.2, 0.25) is 0 Å². The topological polar surface area (TPSA) is 32.6 Å². The van der Waals surface area contributed by atoms with Crippen molar-refractivity contribution in [1.29, 1.82) is 0 Å². The van der Waals surface area contributed by atoms with Crippen molar-refractivity contribution in [1.82, 2.24) is 0 Å². The van der Waals surface area contributed by atoms with E-state index in [1.165, 1.54) is 30.5 Å². The molecule has 1 heterocycles. The number of allylic oxidation sites excluding steroid dienone is 2. The van der Waals surface area contributed by atoms with E-state index in [4.69, 9.17) is 5.11 Å². The van der Waals surface area contributed by atoms with Gasteiger partial charge in [-0.05, 0) is 49.7 Å². The molecule has 0 unspecified atom stereocenters. The first-order valence-corrected chi connectivity index (χ1v) is 5.45. The van der Waals surface area contributed by atoms with Crippen LogP contribution in [-0.2, 0) is 0 Å². The Hall–Kier alpha value is -0.890. The van der Waals surface area contributed by atoms with Gasteiger partial charge in [0.15, 0.2) is 0 Å². The summed E-state index contributed by atoms with van der Waals surface area (Å²) < 4.78 is 0. The normalized spacial score (nSPS) is 33.6. The Labute approximate surface area is 85.1 Å². The van der Waals surface area contributed by atoms with Crippen molar-refractivity contribution in [2.75, 3.05) is 6.61 Å². The second-order valence-corrected chi connectivity index (χ2v) is 4.00. The summed E-state index contributed by atoms with van der Waals surface area (Å²) in [5.41, 5.74) is 3.75. The van der Waals surface area contributed by atoms with Crippen molar-refractivity contribution >= 4 is 5.71 Å². The fraction of sp³-hybridized carbons (Fsp3) is 0.583. The first-order valence-electron chi connectivity index (χ1n) is 5.45. The van der Waals surface area contributed by atoms with Crippen LogP contribution in [0.3, 0.4) is 0 Å². The van der Waals surface area contributed by atoms with Gasteiger partial charge in [0, 0.05) is 11.9 Å². The average molecular weight is 191 g/mol. The second-order valence-electron chi connectivity index (χ2n) is 4.00. The summed E-state index contributed by atoms with van der Waals surface area (Å²) in [6, 6.07) is 0. The molecule has 1 saturated carbocycles. The van der Waals surface area contributed by atoms with Gasteiger partial charge in [-0.3, -0.25) is 4.99 Å². The van der Waals surface area contributed by atoms with E-state index < -0.39 is 0 Å². The lowest BCUT2D eigenvalue weighted by molar-refractivity contribution is 0.326. The van der Waals surface area contributed by atoms with Crippen molar-refractivity contribution in [3.63, 3.8) is 0 Å². The third-order valence-electron chi connectivity index (χ3n) is 2.94. The second kappa shape index (κ2) is 4.56. The van der Waals surface area contributed by atoms with Gasteiger partial charge in [0.25, 0.3) is 0 Å². The summed E-state index contributed by atoms with van der Waals surface area (Å²) in [5, 5.41) is 9.05. The predicted molar refractivity (Wildman–Crippen MR) is 58.4 cm³/mol. The number of aliphatic hydroxyl groups is 1. The number of nitrogens with zero attached hydrogens (tertiary/aromatic N) is 1. The molecule has 14 heavy (non-hydrogen) atoms. The van der Waals surface area contributed by atoms with Crippen LogP contribution in [0.4, 0.5) is 0 Å². The van der Waals surface area contributed by atoms with Crippen molar-refractivity contribution in [3.8, 4) is 0 Å². The molecule has 0 bridgehead atoms. The zero-order chi connectivity index (χ0) is 9.80. The van der Waals surface area contributed by atoms with Gasteiger partial charge in [-0.15, -0.1) is 0 Å². The van der Waals surface area contributed by atoms with E-state index in [2.05, 4.69) is 11.1 Å². The zero-order valence-electron chi connectivity index (χ0n) is 8.50. The van der Waals surface area contributed by atoms with E-state index in [1.807, 2.05) is 6.20 Å². The summed E-state index contributed by atoms with van der Waals surface area (Å²) in [5.74, 6) is 0. The molecule has 0 saturated heterocycles. The van der Waals surface area contributed by atoms with E-state index in [0.29, 0.717) is 0 Å². The van der Waals surface area contributed by atoms with E-state index in [-0.39, 0.29) is 6.61 Å². The summed E-state index contributed by atoms with van der Waals surface area (Å²) in [7, 11) is 0. The predicted octanol–water partition coefficient (Wildman–Crippen LogP) is 2.60. The molecule has 1 N–H and O–H groups in total. The van der Waals surface area contributed by atoms with Crippen LogP contribution in [0.15, 0.2) is 28.4 Å². The fourth-order valence-corrected chi connectivity index (χ4v) is 2.07. The largest absolute Gasteiger partial charge is 0.392 e. The van der Waals surface area contributed by atoms with Gasteiger partial charge in [-0.2, -0.15) is 0 Å². The Balaban J connectivity index is 2.21. The molecule has 0 aromatic rings. The number of hydrogen-bond acceptors (Lipinski definition) is 2. The number of rotatable bonds is 1. The number of aliphatic imine (C=N–C) groups is 1. The van der Waals surface area contributed by atoms with Gasteiger partial charge >= 0.3 is 0 Å². The van der Waals surface area contributed by atoms with Crippen molar-refractivity contribution in [2.24, 2.45) is 4.99 Å². The molecule has 2 rings (SSSR count). The standard InChI is InChI=1S/C12H17NO/c14-9-10-4-3-6-11-5-1-2-7-12(11)13-8-10/h6,8,14H,1-5,7,9H2/b10-8+,11-6+,13-12-. The van der Waals surface area contributed by atoms with Crippen LogP contribution >= 0.6 is 0 Å². The highest BCUT2D eigenvalue weighted by atomic mass is 16.3. The molecule has 1 aliphatic carbocycles. The van der Waals surface area contributed by atoms with E-state index in [9.17, 15) is 0 Å². The lowest BCUT2D eigenvalue weighted by atomic mass is 9.91. The summed E-state index contributed by atoms with van der Waals surface area (Å²) >= 11 is 0. The molecule has 0 amide bonds. The average Bonchev–Trinajstić information content (AvgIpc) is 2.19. The molecule has 0 spiro atoms. The Morgan fingerprint density at radius 1 is 1.21 bits per heavy atom. The van der Waals surface area contributed by atoms with Crippen LogP contribution in [0.1, 0.15) is 38.5 Å². The third-order valence-corrected chi connectivity index (χ3v) is 2.94. The van der Waals surface area contributed by atoms with Gasteiger partial charge in [0.05, 0.1) is 6.61 Å². The number of fused-ring (bicyclic) bond motifs is 1. The SMILES string of the molecule is OC/C1=C/N=C2/CCCC/C2=C\CC1. The first kappa shape index (κ1) is 9.66. The molecule has 2 aliphatic rings. The van der Waals surface area contributed by atoms with E-state index in [1.54, 1.807) is 0 Å². The Bertz CT molecular complexity index is 299. The lowest BCUT2D eigenvalue weighted by Gasteiger charge is -2.18. The molecule has 0 atom stereocenters. The van der Waals surface area contributed by atoms with Crippen molar-refractivity contribution in [3.05, 3.63) is 23.4 Å². The minimum absolute atomic E-state index is 0.153. The maximum absolute atomic E-state index is 9.05. The Kier molecular flexibility index (Phi) is 3.14. The van der Waals surface area contributed by atoms with Crippen molar-refractivity contribution < 1.29 is 5.11 Å². The zero-order valence-corrected chi connectivity index (χ0v) is 8.50. The van der Waals surface area contributed by atoms with Crippen LogP contribution in [-0.4, -0.2) is 17.4 Å². The molecule has 76 valence electrons. The summed E-state index contributed by atoms with van der Waals surface area (Å²) in [6.45, 7) is 0.153. The molecule has 0 radical (unpaired) electrons. The summed E-state index contributed by atoms with van der Waals surface area (Å²) in [4.78, 5) is 4.48. The molecule has 0 aromatic heterocycles. The van der Waals surface area contributed by atoms with Crippen LogP contribution < -0.4 is 0 Å². The maximum atomic E-state index is 9.05. The van der Waals surface area contributed by atoms with E-state index >= 15 is 0 Å². The van der Waals surface area contributed by atoms with Crippen LogP contribution in [0, 0.1) is 0 Å². The third kappa shape index (κ3) is 2.13. The molecule has 1 aliphatic heterocycles. The molecule has 2 heteroatoms. The molecular formula is C12H17NO. The number of hydrogen-bond donors (Lipinski definition) is 1. The van der Waals surface area contributed by atoms with Gasteiger partial charge < -0.3 is 5.11 Å². The maximum Gasteiger partial charge on any atom is 0.0659 e. The smallest absolute Gasteiger partial charge is 0.0659 e. The highest BCUT2D eigenvalue weighted by Crippen LogP contribution is 2.24. The molecule has 2 nitrogen and oxygen atoms in total. The quantitative estimate of drug-likeness (QED) is 0.679. The van der Waals surface area contributed by atoms with Crippen molar-refractivity contribution in [2.45, 2.75) is 38.5 Å². The van der Waals surface area contributed by atoms with Crippen LogP contribution in [0.25, 0.3) is 0 Å². The Morgan fingerprint density at radius 2 is 2.07 bits per heavy atom. The van der Waals surface area contributed by atoms with Crippen LogP contribution in [0.5, 0.6) is 0 Å². The highest BCUT2D eigenvalue weighted by molar-refractivity contribution is 6.01. The molecular weight excluding hydrogens is 174 g/mol. The highest BCUT2D eigenvalue weighted by Gasteiger charge is 2.13. The first-order chi connectivity index (χ1) is 6.90. The number of aliphatic hydroxyl groups excluding tert-OH is 1. The Morgan fingerprint density at radius 3 is 2.93 bits per heavy atom. The van der Waals surface area contributed by atoms with Gasteiger partial charge in [-0.25, -0.2) is 0 Å².